The Morgan fingerprint density at radius 2 is 2.13 bits per heavy atom. The summed E-state index contributed by atoms with van der Waals surface area (Å²) in [6, 6.07) is -0.964. The van der Waals surface area contributed by atoms with E-state index in [4.69, 9.17) is 10.8 Å². The van der Waals surface area contributed by atoms with Crippen molar-refractivity contribution in [1.82, 2.24) is 0 Å². The molecule has 0 aromatic heterocycles. The smallest absolute Gasteiger partial charge is 0.354 e. The lowest BCUT2D eigenvalue weighted by molar-refractivity contribution is -0.129. The highest BCUT2D eigenvalue weighted by Crippen LogP contribution is 2.11. The van der Waals surface area contributed by atoms with Crippen LogP contribution in [0.25, 0.3) is 0 Å². The molecule has 1 amide bonds. The molecule has 0 saturated carbocycles. The van der Waals surface area contributed by atoms with Crippen molar-refractivity contribution < 1.29 is 14.7 Å². The molecular formula is C8H6N4O3. The van der Waals surface area contributed by atoms with Gasteiger partial charge in [-0.3, -0.25) is 9.79 Å². The molecule has 0 fully saturated rings. The third-order valence-electron chi connectivity index (χ3n) is 1.88. The number of aliphatic imine (C=N–C) groups is 3. The molecule has 0 radical (unpaired) electrons. The molecule has 2 heterocycles. The molecule has 0 spiro atoms. The maximum atomic E-state index is 11.3. The van der Waals surface area contributed by atoms with Crippen LogP contribution < -0.4 is 5.73 Å². The Morgan fingerprint density at radius 3 is 2.80 bits per heavy atom. The third kappa shape index (κ3) is 1.54. The maximum absolute atomic E-state index is 11.3. The van der Waals surface area contributed by atoms with Crippen LogP contribution in [0.2, 0.25) is 0 Å². The number of rotatable bonds is 1. The van der Waals surface area contributed by atoms with Gasteiger partial charge in [-0.15, -0.1) is 0 Å². The van der Waals surface area contributed by atoms with Crippen LogP contribution in [-0.2, 0) is 9.59 Å². The fourth-order valence-electron chi connectivity index (χ4n) is 1.24. The Labute approximate surface area is 83.7 Å². The molecule has 7 nitrogen and oxygen atoms in total. The Kier molecular flexibility index (Phi) is 1.93. The Balaban J connectivity index is 2.41. The Bertz CT molecular complexity index is 472. The van der Waals surface area contributed by atoms with E-state index in [9.17, 15) is 9.59 Å². The number of carboxylic acid groups (broad SMARTS) is 1. The minimum Gasteiger partial charge on any atom is -0.477 e. The monoisotopic (exact) mass is 206 g/mol. The van der Waals surface area contributed by atoms with Gasteiger partial charge in [0.1, 0.15) is 5.71 Å². The van der Waals surface area contributed by atoms with Crippen LogP contribution >= 0.6 is 0 Å². The molecule has 1 unspecified atom stereocenters. The first-order valence-electron chi connectivity index (χ1n) is 4.03. The predicted octanol–water partition coefficient (Wildman–Crippen LogP) is -1.25. The zero-order chi connectivity index (χ0) is 11.0. The highest BCUT2D eigenvalue weighted by atomic mass is 16.4. The van der Waals surface area contributed by atoms with Gasteiger partial charge in [-0.25, -0.2) is 9.79 Å². The van der Waals surface area contributed by atoms with E-state index in [2.05, 4.69) is 15.0 Å². The number of hydrogen-bond donors (Lipinski definition) is 2. The summed E-state index contributed by atoms with van der Waals surface area (Å²) >= 11 is 0. The second-order valence-corrected chi connectivity index (χ2v) is 2.90. The number of aliphatic carboxylic acids is 1. The van der Waals surface area contributed by atoms with E-state index in [1.165, 1.54) is 12.2 Å². The van der Waals surface area contributed by atoms with Crippen LogP contribution in [0.5, 0.6) is 0 Å². The summed E-state index contributed by atoms with van der Waals surface area (Å²) in [6.07, 6.45) is 2.67. The summed E-state index contributed by atoms with van der Waals surface area (Å²) in [4.78, 5) is 32.8. The summed E-state index contributed by atoms with van der Waals surface area (Å²) in [5.41, 5.74) is 5.40. The fraction of sp³-hybridized carbons (Fsp3) is 0.125. The summed E-state index contributed by atoms with van der Waals surface area (Å²) in [6.45, 7) is 0. The quantitative estimate of drug-likeness (QED) is 0.557. The number of nitrogens with two attached hydrogens (primary N) is 1. The van der Waals surface area contributed by atoms with Crippen LogP contribution in [0.1, 0.15) is 0 Å². The zero-order valence-corrected chi connectivity index (χ0v) is 7.41. The molecule has 0 aromatic rings. The highest BCUT2D eigenvalue weighted by Gasteiger charge is 2.30. The van der Waals surface area contributed by atoms with E-state index in [0.29, 0.717) is 5.71 Å². The number of carbonyl (C=O) groups excluding carboxylic acids is 1. The van der Waals surface area contributed by atoms with E-state index < -0.39 is 17.9 Å². The predicted molar refractivity (Wildman–Crippen MR) is 52.1 cm³/mol. The van der Waals surface area contributed by atoms with Crippen molar-refractivity contribution in [3.05, 3.63) is 12.2 Å². The lowest BCUT2D eigenvalue weighted by Gasteiger charge is -2.16. The number of dihydropyridines is 1. The van der Waals surface area contributed by atoms with Gasteiger partial charge in [0.15, 0.2) is 6.04 Å². The number of carboxylic acids is 1. The Hall–Kier alpha value is -2.31. The third-order valence-corrected chi connectivity index (χ3v) is 1.88. The molecule has 2 aliphatic rings. The number of guanidine groups is 1. The van der Waals surface area contributed by atoms with E-state index >= 15 is 0 Å². The molecule has 0 aromatic carbocycles. The number of amides is 1. The number of hydrogen-bond acceptors (Lipinski definition) is 5. The molecule has 2 rings (SSSR count). The van der Waals surface area contributed by atoms with Gasteiger partial charge in [0.2, 0.25) is 5.96 Å². The zero-order valence-electron chi connectivity index (χ0n) is 7.41. The second kappa shape index (κ2) is 3.12. The second-order valence-electron chi connectivity index (χ2n) is 2.90. The normalized spacial score (nSPS) is 23.9. The van der Waals surface area contributed by atoms with Crippen molar-refractivity contribution in [3.63, 3.8) is 0 Å². The maximum Gasteiger partial charge on any atom is 0.354 e. The summed E-state index contributed by atoms with van der Waals surface area (Å²) in [5, 5.41) is 8.67. The van der Waals surface area contributed by atoms with Gasteiger partial charge >= 0.3 is 5.97 Å². The van der Waals surface area contributed by atoms with Crippen molar-refractivity contribution in [1.29, 1.82) is 0 Å². The molecule has 1 atom stereocenters. The van der Waals surface area contributed by atoms with Crippen LogP contribution in [0.15, 0.2) is 27.1 Å². The van der Waals surface area contributed by atoms with Gasteiger partial charge < -0.3 is 10.8 Å². The topological polar surface area (TPSA) is 117 Å². The first-order chi connectivity index (χ1) is 7.08. The van der Waals surface area contributed by atoms with E-state index in [0.717, 1.165) is 0 Å². The van der Waals surface area contributed by atoms with E-state index in [1.54, 1.807) is 0 Å². The van der Waals surface area contributed by atoms with Crippen LogP contribution in [0.3, 0.4) is 0 Å². The lowest BCUT2D eigenvalue weighted by atomic mass is 10.1. The largest absolute Gasteiger partial charge is 0.477 e. The minimum absolute atomic E-state index is 0.134. The molecule has 0 aliphatic carbocycles. The van der Waals surface area contributed by atoms with Gasteiger partial charge in [-0.2, -0.15) is 4.99 Å². The van der Waals surface area contributed by atoms with Crippen LogP contribution in [0.4, 0.5) is 0 Å². The van der Waals surface area contributed by atoms with Crippen molar-refractivity contribution in [2.75, 3.05) is 0 Å². The van der Waals surface area contributed by atoms with Crippen molar-refractivity contribution >= 4 is 29.3 Å². The molecule has 15 heavy (non-hydrogen) atoms. The van der Waals surface area contributed by atoms with Crippen LogP contribution in [0, 0.1) is 0 Å². The molecule has 3 N–H and O–H groups in total. The van der Waals surface area contributed by atoms with Crippen molar-refractivity contribution in [3.8, 4) is 0 Å². The standard InChI is InChI=1S/C8H6N4O3/c9-8-11-3-1-2-4(7(14)15)10-5(3)6(13)12-8/h1-2,5H,(H,14,15)(H2,9,12,13). The van der Waals surface area contributed by atoms with Gasteiger partial charge in [-0.1, -0.05) is 0 Å². The summed E-state index contributed by atoms with van der Waals surface area (Å²) in [5.74, 6) is -1.92. The van der Waals surface area contributed by atoms with Crippen molar-refractivity contribution in [2.45, 2.75) is 6.04 Å². The highest BCUT2D eigenvalue weighted by molar-refractivity contribution is 6.43. The average Bonchev–Trinajstić information content (AvgIpc) is 2.16. The van der Waals surface area contributed by atoms with Gasteiger partial charge in [-0.05, 0) is 12.2 Å². The van der Waals surface area contributed by atoms with E-state index in [-0.39, 0.29) is 11.7 Å². The minimum atomic E-state index is -1.19. The molecule has 76 valence electrons. The van der Waals surface area contributed by atoms with E-state index in [1.807, 2.05) is 0 Å². The molecule has 0 saturated heterocycles. The van der Waals surface area contributed by atoms with Crippen LogP contribution in [-0.4, -0.2) is 40.4 Å². The number of carbonyl (C=O) groups is 2. The van der Waals surface area contributed by atoms with Gasteiger partial charge in [0, 0.05) is 0 Å². The first-order valence-corrected chi connectivity index (χ1v) is 4.03. The molecule has 7 heteroatoms. The SMILES string of the molecule is NC1=NC(=O)C2N=C(C(=O)O)C=CC2=N1. The molecule has 2 aliphatic heterocycles. The van der Waals surface area contributed by atoms with Gasteiger partial charge in [0.05, 0.1) is 5.71 Å². The fourth-order valence-corrected chi connectivity index (χ4v) is 1.24. The molecular weight excluding hydrogens is 200 g/mol. The average molecular weight is 206 g/mol. The Morgan fingerprint density at radius 1 is 1.40 bits per heavy atom. The molecule has 0 bridgehead atoms. The lowest BCUT2D eigenvalue weighted by Crippen LogP contribution is -2.37. The number of fused-ring (bicyclic) bond motifs is 1. The first kappa shape index (κ1) is 9.25. The van der Waals surface area contributed by atoms with Crippen molar-refractivity contribution in [2.24, 2.45) is 20.7 Å². The number of nitrogens with zero attached hydrogens (tertiary/aromatic N) is 3. The summed E-state index contributed by atoms with van der Waals surface area (Å²) in [7, 11) is 0. The van der Waals surface area contributed by atoms with Gasteiger partial charge in [0.25, 0.3) is 5.91 Å². The summed E-state index contributed by atoms with van der Waals surface area (Å²) < 4.78 is 0.